The number of nitrogens with zero attached hydrogens (tertiary/aromatic N) is 1. The van der Waals surface area contributed by atoms with E-state index in [0.29, 0.717) is 46.0 Å². The topological polar surface area (TPSA) is 144 Å². The van der Waals surface area contributed by atoms with Gasteiger partial charge in [0.2, 0.25) is 0 Å². The Labute approximate surface area is 226 Å². The number of nitrogens with two attached hydrogens (primary N) is 1. The largest absolute Gasteiger partial charge is 0.496 e. The monoisotopic (exact) mass is 526 g/mol. The lowest BCUT2D eigenvalue weighted by Gasteiger charge is -2.16. The number of nitrogen functional groups attached to an aromatic ring is 1. The molecule has 1 amide bonds. The average Bonchev–Trinajstić information content (AvgIpc) is 3.79. The number of rotatable bonds is 11. The summed E-state index contributed by atoms with van der Waals surface area (Å²) < 4.78 is 10.5. The molecule has 1 aliphatic carbocycles. The van der Waals surface area contributed by atoms with Crippen molar-refractivity contribution >= 4 is 29.6 Å². The Morgan fingerprint density at radius 2 is 1.82 bits per heavy atom. The van der Waals surface area contributed by atoms with Crippen molar-refractivity contribution in [3.63, 3.8) is 0 Å². The molecule has 0 radical (unpaired) electrons. The normalized spacial score (nSPS) is 12.4. The lowest BCUT2D eigenvalue weighted by molar-refractivity contribution is 0.0594. The first-order chi connectivity index (χ1) is 18.7. The van der Waals surface area contributed by atoms with E-state index in [0.717, 1.165) is 18.4 Å². The third-order valence-corrected chi connectivity index (χ3v) is 6.56. The molecule has 0 bridgehead atoms. The van der Waals surface area contributed by atoms with E-state index in [1.807, 2.05) is 0 Å². The van der Waals surface area contributed by atoms with Crippen LogP contribution in [0, 0.1) is 11.3 Å². The highest BCUT2D eigenvalue weighted by Gasteiger charge is 2.26. The molecule has 1 heterocycles. The van der Waals surface area contributed by atoms with E-state index in [-0.39, 0.29) is 35.3 Å². The maximum atomic E-state index is 13.6. The molecule has 0 atom stereocenters. The molecular formula is C30H30N4O5. The van der Waals surface area contributed by atoms with Gasteiger partial charge in [0.15, 0.2) is 11.5 Å². The van der Waals surface area contributed by atoms with Gasteiger partial charge in [0.1, 0.15) is 17.3 Å². The second-order valence-electron chi connectivity index (χ2n) is 9.29. The van der Waals surface area contributed by atoms with Crippen molar-refractivity contribution in [2.24, 2.45) is 11.7 Å². The number of hydrogen-bond acceptors (Lipinski definition) is 7. The number of ether oxygens (including phenoxy) is 2. The molecule has 4 N–H and O–H groups in total. The van der Waals surface area contributed by atoms with Crippen LogP contribution < -0.4 is 15.8 Å². The number of benzene rings is 2. The number of pyridine rings is 1. The molecule has 3 aromatic rings. The molecule has 2 aromatic carbocycles. The summed E-state index contributed by atoms with van der Waals surface area (Å²) in [5.41, 5.74) is 8.44. The van der Waals surface area contributed by atoms with Crippen molar-refractivity contribution in [1.29, 1.82) is 5.41 Å². The Morgan fingerprint density at radius 3 is 2.41 bits per heavy atom. The second-order valence-corrected chi connectivity index (χ2v) is 9.29. The maximum Gasteiger partial charge on any atom is 0.357 e. The molecule has 1 fully saturated rings. The van der Waals surface area contributed by atoms with E-state index < -0.39 is 5.97 Å². The predicted octanol–water partition coefficient (Wildman–Crippen LogP) is 4.04. The first-order valence-corrected chi connectivity index (χ1v) is 12.4. The van der Waals surface area contributed by atoms with E-state index in [4.69, 9.17) is 20.6 Å². The van der Waals surface area contributed by atoms with Gasteiger partial charge in [-0.2, -0.15) is 0 Å². The molecular weight excluding hydrogens is 496 g/mol. The van der Waals surface area contributed by atoms with Crippen molar-refractivity contribution in [3.05, 3.63) is 88.8 Å². The number of methoxy groups -OCH3 is 2. The second kappa shape index (κ2) is 11.7. The van der Waals surface area contributed by atoms with Gasteiger partial charge in [-0.05, 0) is 54.2 Å². The maximum absolute atomic E-state index is 13.6. The van der Waals surface area contributed by atoms with E-state index >= 15 is 0 Å². The Balaban J connectivity index is 1.78. The fourth-order valence-electron chi connectivity index (χ4n) is 4.17. The first kappa shape index (κ1) is 27.3. The van der Waals surface area contributed by atoms with Crippen LogP contribution in [0.3, 0.4) is 0 Å². The quantitative estimate of drug-likeness (QED) is 0.148. The lowest BCUT2D eigenvalue weighted by atomic mass is 9.90. The van der Waals surface area contributed by atoms with Crippen molar-refractivity contribution < 1.29 is 23.9 Å². The molecule has 39 heavy (non-hydrogen) atoms. The van der Waals surface area contributed by atoms with Crippen LogP contribution in [0.4, 0.5) is 0 Å². The summed E-state index contributed by atoms with van der Waals surface area (Å²) in [4.78, 5) is 43.5. The number of hydrogen-bond donors (Lipinski definition) is 3. The number of aromatic nitrogens is 1. The van der Waals surface area contributed by atoms with Crippen molar-refractivity contribution in [3.8, 4) is 16.9 Å². The van der Waals surface area contributed by atoms with Gasteiger partial charge >= 0.3 is 5.97 Å². The zero-order chi connectivity index (χ0) is 28.1. The zero-order valence-electron chi connectivity index (χ0n) is 21.9. The highest BCUT2D eigenvalue weighted by molar-refractivity contribution is 6.07. The van der Waals surface area contributed by atoms with Crippen LogP contribution in [-0.4, -0.2) is 49.2 Å². The summed E-state index contributed by atoms with van der Waals surface area (Å²) in [6.07, 6.45) is 3.80. The number of ketones is 1. The van der Waals surface area contributed by atoms with E-state index in [1.165, 1.54) is 20.3 Å². The molecule has 1 aromatic heterocycles. The van der Waals surface area contributed by atoms with Crippen LogP contribution in [0.2, 0.25) is 0 Å². The third-order valence-electron chi connectivity index (χ3n) is 6.56. The third kappa shape index (κ3) is 6.20. The highest BCUT2D eigenvalue weighted by atomic mass is 16.5. The molecule has 0 saturated heterocycles. The van der Waals surface area contributed by atoms with Gasteiger partial charge < -0.3 is 20.5 Å². The Hall–Kier alpha value is -4.79. The number of amides is 1. The number of carbonyl (C=O) groups excluding carboxylic acids is 3. The van der Waals surface area contributed by atoms with Gasteiger partial charge in [0, 0.05) is 35.2 Å². The first-order valence-electron chi connectivity index (χ1n) is 12.4. The number of amidine groups is 1. The molecule has 0 aliphatic heterocycles. The van der Waals surface area contributed by atoms with Crippen LogP contribution in [0.1, 0.15) is 60.9 Å². The van der Waals surface area contributed by atoms with Crippen molar-refractivity contribution in [2.45, 2.75) is 19.3 Å². The summed E-state index contributed by atoms with van der Waals surface area (Å²) in [5, 5.41) is 10.4. The fourth-order valence-corrected chi connectivity index (χ4v) is 4.17. The van der Waals surface area contributed by atoms with E-state index in [9.17, 15) is 14.4 Å². The summed E-state index contributed by atoms with van der Waals surface area (Å²) >= 11 is 0. The van der Waals surface area contributed by atoms with Gasteiger partial charge in [-0.3, -0.25) is 15.0 Å². The summed E-state index contributed by atoms with van der Waals surface area (Å²) in [6, 6.07) is 13.3. The molecule has 1 aliphatic rings. The Morgan fingerprint density at radius 1 is 1.10 bits per heavy atom. The molecule has 0 unspecified atom stereocenters. The minimum Gasteiger partial charge on any atom is -0.496 e. The summed E-state index contributed by atoms with van der Waals surface area (Å²) in [6.45, 7) is 4.38. The number of esters is 1. The van der Waals surface area contributed by atoms with Crippen molar-refractivity contribution in [1.82, 2.24) is 10.3 Å². The number of carbonyl (C=O) groups is 3. The number of nitrogens with one attached hydrogen (secondary N) is 2. The molecule has 200 valence electrons. The van der Waals surface area contributed by atoms with E-state index in [2.05, 4.69) is 16.9 Å². The van der Waals surface area contributed by atoms with Crippen LogP contribution >= 0.6 is 0 Å². The van der Waals surface area contributed by atoms with Crippen LogP contribution in [0.5, 0.6) is 5.75 Å². The fraction of sp³-hybridized carbons (Fsp3) is 0.233. The van der Waals surface area contributed by atoms with Crippen LogP contribution in [0.15, 0.2) is 55.1 Å². The van der Waals surface area contributed by atoms with Gasteiger partial charge in [-0.25, -0.2) is 9.78 Å². The predicted molar refractivity (Wildman–Crippen MR) is 148 cm³/mol. The summed E-state index contributed by atoms with van der Waals surface area (Å²) in [7, 11) is 2.72. The zero-order valence-corrected chi connectivity index (χ0v) is 21.9. The lowest BCUT2D eigenvalue weighted by Crippen LogP contribution is -2.27. The van der Waals surface area contributed by atoms with Crippen LogP contribution in [0.25, 0.3) is 17.2 Å². The molecule has 9 nitrogen and oxygen atoms in total. The summed E-state index contributed by atoms with van der Waals surface area (Å²) in [5.74, 6) is -0.488. The SMILES string of the molecule is C=Cc1cc(C(=O)Cc2ccc(C(=N)N)cc2)c(-c2ccc(C(=O)NCC3CC3)nc2C(=O)OC)cc1OC. The smallest absolute Gasteiger partial charge is 0.357 e. The van der Waals surface area contributed by atoms with Gasteiger partial charge in [0.25, 0.3) is 5.91 Å². The number of Topliss-reactive ketones (excluding diaryl/α,β-unsaturated/α-hetero) is 1. The van der Waals surface area contributed by atoms with Crippen LogP contribution in [-0.2, 0) is 11.2 Å². The molecule has 0 spiro atoms. The minimum atomic E-state index is -0.744. The average molecular weight is 527 g/mol. The minimum absolute atomic E-state index is 0.0523. The Kier molecular flexibility index (Phi) is 8.19. The van der Waals surface area contributed by atoms with Gasteiger partial charge in [-0.1, -0.05) is 36.9 Å². The van der Waals surface area contributed by atoms with Gasteiger partial charge in [0.05, 0.1) is 14.2 Å². The van der Waals surface area contributed by atoms with Crippen molar-refractivity contribution in [2.75, 3.05) is 20.8 Å². The Bertz CT molecular complexity index is 1460. The van der Waals surface area contributed by atoms with Gasteiger partial charge in [-0.15, -0.1) is 0 Å². The molecule has 1 saturated carbocycles. The highest BCUT2D eigenvalue weighted by Crippen LogP contribution is 2.35. The van der Waals surface area contributed by atoms with E-state index in [1.54, 1.807) is 48.5 Å². The molecule has 9 heteroatoms. The standard InChI is InChI=1S/C30H30N4O5/c1-4-19-14-23(25(35)13-17-7-9-20(10-8-17)28(31)32)22(15-26(19)38-2)21-11-12-24(34-27(21)30(37)39-3)29(36)33-16-18-5-6-18/h4,7-12,14-15,18H,1,5-6,13,16H2,2-3H3,(H3,31,32)(H,33,36). The molecule has 4 rings (SSSR count).